The van der Waals surface area contributed by atoms with Crippen LogP contribution in [0.1, 0.15) is 22.3 Å². The maximum Gasteiger partial charge on any atom is 0.221 e. The highest BCUT2D eigenvalue weighted by atomic mass is 32.1. The molecule has 0 unspecified atom stereocenters. The quantitative estimate of drug-likeness (QED) is 0.690. The predicted molar refractivity (Wildman–Crippen MR) is 78.9 cm³/mol. The van der Waals surface area contributed by atoms with E-state index in [1.165, 1.54) is 11.3 Å². The molecule has 0 fully saturated rings. The van der Waals surface area contributed by atoms with Gasteiger partial charge in [0.1, 0.15) is 0 Å². The van der Waals surface area contributed by atoms with Crippen molar-refractivity contribution in [3.05, 3.63) is 58.7 Å². The Hall–Kier alpha value is -2.27. The van der Waals surface area contributed by atoms with Crippen LogP contribution in [0.15, 0.2) is 48.1 Å². The van der Waals surface area contributed by atoms with Crippen LogP contribution in [0, 0.1) is 0 Å². The highest BCUT2D eigenvalue weighted by Crippen LogP contribution is 2.23. The van der Waals surface area contributed by atoms with Gasteiger partial charge in [-0.25, -0.2) is 4.98 Å². The average molecular weight is 283 g/mol. The Balaban J connectivity index is 1.89. The maximum absolute atomic E-state index is 12.3. The van der Waals surface area contributed by atoms with Crippen molar-refractivity contribution in [2.75, 3.05) is 0 Å². The number of aryl methyl sites for hydroxylation is 1. The van der Waals surface area contributed by atoms with Crippen LogP contribution in [0.3, 0.4) is 0 Å². The zero-order valence-electron chi connectivity index (χ0n) is 11.0. The van der Waals surface area contributed by atoms with Crippen LogP contribution in [0.4, 0.5) is 0 Å². The molecule has 0 amide bonds. The van der Waals surface area contributed by atoms with Gasteiger partial charge in [0.25, 0.3) is 0 Å². The average Bonchev–Trinajstić information content (AvgIpc) is 3.16. The summed E-state index contributed by atoms with van der Waals surface area (Å²) in [5.41, 5.74) is 2.40. The fraction of sp³-hybridized carbons (Fsp3) is 0.133. The molecule has 100 valence electrons. The summed E-state index contributed by atoms with van der Waals surface area (Å²) in [6.07, 6.45) is 3.71. The van der Waals surface area contributed by atoms with Crippen molar-refractivity contribution in [1.29, 1.82) is 0 Å². The van der Waals surface area contributed by atoms with Crippen molar-refractivity contribution >= 4 is 17.1 Å². The van der Waals surface area contributed by atoms with Gasteiger partial charge in [-0.15, -0.1) is 11.3 Å². The zero-order chi connectivity index (χ0) is 13.9. The van der Waals surface area contributed by atoms with E-state index < -0.39 is 0 Å². The molecule has 0 aliphatic rings. The number of rotatable bonds is 4. The van der Waals surface area contributed by atoms with Crippen LogP contribution in [-0.2, 0) is 6.54 Å². The molecule has 0 saturated heterocycles. The fourth-order valence-corrected chi connectivity index (χ4v) is 2.68. The molecule has 2 aromatic heterocycles. The van der Waals surface area contributed by atoms with E-state index in [1.54, 1.807) is 18.3 Å². The smallest absolute Gasteiger partial charge is 0.221 e. The summed E-state index contributed by atoms with van der Waals surface area (Å²) in [6, 6.07) is 9.21. The molecule has 0 spiro atoms. The molecule has 0 saturated carbocycles. The first-order chi connectivity index (χ1) is 9.78. The third-order valence-electron chi connectivity index (χ3n) is 2.99. The zero-order valence-corrected chi connectivity index (χ0v) is 11.8. The summed E-state index contributed by atoms with van der Waals surface area (Å²) in [4.78, 5) is 16.7. The molecular formula is C15H13N3OS. The summed E-state index contributed by atoms with van der Waals surface area (Å²) in [5, 5.41) is 6.63. The lowest BCUT2D eigenvalue weighted by atomic mass is 10.1. The first kappa shape index (κ1) is 12.7. The highest BCUT2D eigenvalue weighted by Gasteiger charge is 2.14. The SMILES string of the molecule is CCn1cc(-c2csc(C(=O)c3ccccc3)n2)cn1. The number of nitrogens with zero attached hydrogens (tertiary/aromatic N) is 3. The van der Waals surface area contributed by atoms with Gasteiger partial charge in [0.15, 0.2) is 5.01 Å². The first-order valence-electron chi connectivity index (χ1n) is 6.36. The van der Waals surface area contributed by atoms with Crippen molar-refractivity contribution in [2.45, 2.75) is 13.5 Å². The molecule has 0 aliphatic carbocycles. The molecule has 3 rings (SSSR count). The standard InChI is InChI=1S/C15H13N3OS/c1-2-18-9-12(8-16-18)13-10-20-15(17-13)14(19)11-6-4-3-5-7-11/h3-10H,2H2,1H3. The van der Waals surface area contributed by atoms with Gasteiger partial charge in [0.05, 0.1) is 11.9 Å². The Labute approximate surface area is 120 Å². The molecule has 0 N–H and O–H groups in total. The summed E-state index contributed by atoms with van der Waals surface area (Å²) in [7, 11) is 0. The van der Waals surface area contributed by atoms with E-state index in [9.17, 15) is 4.79 Å². The van der Waals surface area contributed by atoms with E-state index in [2.05, 4.69) is 10.1 Å². The molecule has 4 nitrogen and oxygen atoms in total. The van der Waals surface area contributed by atoms with Gasteiger partial charge in [-0.3, -0.25) is 9.48 Å². The minimum atomic E-state index is -0.0373. The molecule has 20 heavy (non-hydrogen) atoms. The van der Waals surface area contributed by atoms with Crippen LogP contribution in [0.5, 0.6) is 0 Å². The van der Waals surface area contributed by atoms with Gasteiger partial charge < -0.3 is 0 Å². The molecular weight excluding hydrogens is 270 g/mol. The summed E-state index contributed by atoms with van der Waals surface area (Å²) >= 11 is 1.37. The number of aromatic nitrogens is 3. The van der Waals surface area contributed by atoms with Gasteiger partial charge in [0.2, 0.25) is 5.78 Å². The maximum atomic E-state index is 12.3. The van der Waals surface area contributed by atoms with E-state index in [-0.39, 0.29) is 5.78 Å². The van der Waals surface area contributed by atoms with Gasteiger partial charge >= 0.3 is 0 Å². The number of ketones is 1. The lowest BCUT2D eigenvalue weighted by Gasteiger charge is -1.95. The first-order valence-corrected chi connectivity index (χ1v) is 7.24. The largest absolute Gasteiger partial charge is 0.286 e. The molecule has 0 bridgehead atoms. The number of hydrogen-bond acceptors (Lipinski definition) is 4. The van der Waals surface area contributed by atoms with Crippen LogP contribution in [0.2, 0.25) is 0 Å². The van der Waals surface area contributed by atoms with Crippen molar-refractivity contribution < 1.29 is 4.79 Å². The summed E-state index contributed by atoms with van der Waals surface area (Å²) in [6.45, 7) is 2.85. The molecule has 0 aliphatic heterocycles. The van der Waals surface area contributed by atoms with E-state index in [4.69, 9.17) is 0 Å². The fourth-order valence-electron chi connectivity index (χ4n) is 1.89. The second-order valence-electron chi connectivity index (χ2n) is 4.32. The lowest BCUT2D eigenvalue weighted by Crippen LogP contribution is -1.99. The van der Waals surface area contributed by atoms with Gasteiger partial charge in [-0.1, -0.05) is 30.3 Å². The van der Waals surface area contributed by atoms with Crippen molar-refractivity contribution in [3.8, 4) is 11.3 Å². The monoisotopic (exact) mass is 283 g/mol. The number of carbonyl (C=O) groups excluding carboxylic acids is 1. The Morgan fingerprint density at radius 1 is 1.30 bits per heavy atom. The van der Waals surface area contributed by atoms with Crippen LogP contribution < -0.4 is 0 Å². The third kappa shape index (κ3) is 2.40. The Bertz CT molecular complexity index is 730. The second-order valence-corrected chi connectivity index (χ2v) is 5.18. The topological polar surface area (TPSA) is 47.8 Å². The summed E-state index contributed by atoms with van der Waals surface area (Å²) < 4.78 is 1.84. The van der Waals surface area contributed by atoms with E-state index in [0.717, 1.165) is 17.8 Å². The van der Waals surface area contributed by atoms with Crippen LogP contribution in [0.25, 0.3) is 11.3 Å². The van der Waals surface area contributed by atoms with E-state index in [1.807, 2.05) is 41.4 Å². The minimum Gasteiger partial charge on any atom is -0.286 e. The van der Waals surface area contributed by atoms with E-state index >= 15 is 0 Å². The van der Waals surface area contributed by atoms with Crippen molar-refractivity contribution in [1.82, 2.24) is 14.8 Å². The number of carbonyl (C=O) groups is 1. The molecule has 3 aromatic rings. The number of thiazole rings is 1. The van der Waals surface area contributed by atoms with Crippen molar-refractivity contribution in [2.24, 2.45) is 0 Å². The molecule has 2 heterocycles. The molecule has 1 aromatic carbocycles. The highest BCUT2D eigenvalue weighted by molar-refractivity contribution is 7.12. The number of benzene rings is 1. The Morgan fingerprint density at radius 2 is 2.10 bits per heavy atom. The van der Waals surface area contributed by atoms with Crippen LogP contribution in [-0.4, -0.2) is 20.5 Å². The van der Waals surface area contributed by atoms with Gasteiger partial charge in [-0.2, -0.15) is 5.10 Å². The second kappa shape index (κ2) is 5.38. The predicted octanol–water partition coefficient (Wildman–Crippen LogP) is 3.26. The molecule has 0 atom stereocenters. The van der Waals surface area contributed by atoms with Gasteiger partial charge in [0, 0.05) is 29.2 Å². The minimum absolute atomic E-state index is 0.0373. The van der Waals surface area contributed by atoms with Crippen LogP contribution >= 0.6 is 11.3 Å². The summed E-state index contributed by atoms with van der Waals surface area (Å²) in [5.74, 6) is -0.0373. The molecule has 0 radical (unpaired) electrons. The Kier molecular flexibility index (Phi) is 3.43. The Morgan fingerprint density at radius 3 is 2.80 bits per heavy atom. The lowest BCUT2D eigenvalue weighted by molar-refractivity contribution is 0.103. The van der Waals surface area contributed by atoms with E-state index in [0.29, 0.717) is 10.6 Å². The van der Waals surface area contributed by atoms with Crippen molar-refractivity contribution in [3.63, 3.8) is 0 Å². The third-order valence-corrected chi connectivity index (χ3v) is 3.83. The number of hydrogen-bond donors (Lipinski definition) is 0. The normalized spacial score (nSPS) is 10.7. The van der Waals surface area contributed by atoms with Gasteiger partial charge in [-0.05, 0) is 6.92 Å². The molecule has 5 heteroatoms.